The number of aromatic nitrogens is 3. The van der Waals surface area contributed by atoms with Crippen molar-refractivity contribution < 1.29 is 9.21 Å². The standard InChI is InChI=1S/C19H20N4O4/c1-11-3-4-16-15(9-11)23(19(26)27-16)8-6-17(24)22-7-5-13-14(10-22)20-12(2)21-18(13)25/h3-4,9H,5-8,10H2,1-2H3,(H,20,21,25). The number of nitrogens with one attached hydrogen (secondary N) is 1. The quantitative estimate of drug-likeness (QED) is 0.750. The maximum Gasteiger partial charge on any atom is 0.419 e. The SMILES string of the molecule is Cc1ccc2oc(=O)n(CCC(=O)N3CCc4c(nc(C)[nH]c4=O)C3)c2c1. The summed E-state index contributed by atoms with van der Waals surface area (Å²) in [5.74, 6) is 0.00495. The van der Waals surface area contributed by atoms with Crippen LogP contribution in [0, 0.1) is 13.8 Å². The number of fused-ring (bicyclic) bond motifs is 2. The number of nitrogens with zero attached hydrogens (tertiary/aromatic N) is 3. The fourth-order valence-corrected chi connectivity index (χ4v) is 3.53. The molecule has 0 fully saturated rings. The number of hydrogen-bond donors (Lipinski definition) is 1. The van der Waals surface area contributed by atoms with E-state index in [0.29, 0.717) is 47.7 Å². The van der Waals surface area contributed by atoms with Gasteiger partial charge in [0.2, 0.25) is 5.91 Å². The van der Waals surface area contributed by atoms with Crippen LogP contribution < -0.4 is 11.3 Å². The summed E-state index contributed by atoms with van der Waals surface area (Å²) >= 11 is 0. The third-order valence-electron chi connectivity index (χ3n) is 4.92. The molecule has 0 saturated heterocycles. The normalized spacial score (nSPS) is 13.8. The maximum atomic E-state index is 12.7. The number of benzene rings is 1. The first-order chi connectivity index (χ1) is 12.9. The molecule has 1 N–H and O–H groups in total. The van der Waals surface area contributed by atoms with Crippen LogP contribution in [0.4, 0.5) is 0 Å². The molecule has 0 aliphatic carbocycles. The zero-order chi connectivity index (χ0) is 19.1. The van der Waals surface area contributed by atoms with Gasteiger partial charge in [-0.3, -0.25) is 14.2 Å². The van der Waals surface area contributed by atoms with Crippen molar-refractivity contribution in [2.24, 2.45) is 0 Å². The van der Waals surface area contributed by atoms with Gasteiger partial charge >= 0.3 is 5.76 Å². The Balaban J connectivity index is 1.51. The van der Waals surface area contributed by atoms with Crippen LogP contribution in [-0.2, 0) is 24.3 Å². The van der Waals surface area contributed by atoms with E-state index in [1.165, 1.54) is 4.57 Å². The van der Waals surface area contributed by atoms with E-state index in [1.54, 1.807) is 17.9 Å². The minimum absolute atomic E-state index is 0.0747. The molecule has 1 aliphatic heterocycles. The van der Waals surface area contributed by atoms with E-state index in [2.05, 4.69) is 9.97 Å². The number of oxazole rings is 1. The van der Waals surface area contributed by atoms with Gasteiger partial charge < -0.3 is 14.3 Å². The van der Waals surface area contributed by atoms with Gasteiger partial charge in [0.1, 0.15) is 5.82 Å². The Hall–Kier alpha value is -3.16. The van der Waals surface area contributed by atoms with Gasteiger partial charge in [0.15, 0.2) is 5.58 Å². The van der Waals surface area contributed by atoms with Gasteiger partial charge in [-0.25, -0.2) is 9.78 Å². The molecule has 4 rings (SSSR count). The van der Waals surface area contributed by atoms with E-state index < -0.39 is 5.76 Å². The highest BCUT2D eigenvalue weighted by molar-refractivity contribution is 5.77. The number of amides is 1. The average molecular weight is 368 g/mol. The molecule has 0 unspecified atom stereocenters. The Morgan fingerprint density at radius 3 is 2.93 bits per heavy atom. The van der Waals surface area contributed by atoms with Gasteiger partial charge in [0.05, 0.1) is 17.8 Å². The van der Waals surface area contributed by atoms with E-state index in [9.17, 15) is 14.4 Å². The van der Waals surface area contributed by atoms with Crippen LogP contribution in [0.5, 0.6) is 0 Å². The minimum Gasteiger partial charge on any atom is -0.408 e. The lowest BCUT2D eigenvalue weighted by molar-refractivity contribution is -0.132. The van der Waals surface area contributed by atoms with Crippen molar-refractivity contribution in [1.29, 1.82) is 0 Å². The van der Waals surface area contributed by atoms with Crippen LogP contribution in [0.25, 0.3) is 11.1 Å². The summed E-state index contributed by atoms with van der Waals surface area (Å²) in [7, 11) is 0. The average Bonchev–Trinajstić information content (AvgIpc) is 2.93. The summed E-state index contributed by atoms with van der Waals surface area (Å²) < 4.78 is 6.73. The molecule has 3 heterocycles. The first-order valence-corrected chi connectivity index (χ1v) is 8.89. The summed E-state index contributed by atoms with van der Waals surface area (Å²) in [5.41, 5.74) is 3.40. The van der Waals surface area contributed by atoms with Crippen molar-refractivity contribution in [3.8, 4) is 0 Å². The van der Waals surface area contributed by atoms with Gasteiger partial charge in [-0.2, -0.15) is 0 Å². The number of rotatable bonds is 3. The predicted molar refractivity (Wildman–Crippen MR) is 98.5 cm³/mol. The van der Waals surface area contributed by atoms with E-state index in [-0.39, 0.29) is 24.4 Å². The second-order valence-corrected chi connectivity index (χ2v) is 6.88. The molecule has 27 heavy (non-hydrogen) atoms. The molecule has 8 nitrogen and oxygen atoms in total. The molecule has 0 saturated carbocycles. The van der Waals surface area contributed by atoms with Crippen molar-refractivity contribution in [2.75, 3.05) is 6.54 Å². The molecule has 0 spiro atoms. The van der Waals surface area contributed by atoms with Crippen LogP contribution in [-0.4, -0.2) is 31.9 Å². The van der Waals surface area contributed by atoms with Crippen molar-refractivity contribution >= 4 is 17.0 Å². The van der Waals surface area contributed by atoms with Crippen molar-refractivity contribution in [1.82, 2.24) is 19.4 Å². The highest BCUT2D eigenvalue weighted by Crippen LogP contribution is 2.17. The maximum absolute atomic E-state index is 12.7. The largest absolute Gasteiger partial charge is 0.419 e. The minimum atomic E-state index is -0.462. The van der Waals surface area contributed by atoms with Crippen LogP contribution >= 0.6 is 0 Å². The van der Waals surface area contributed by atoms with Crippen molar-refractivity contribution in [2.45, 2.75) is 39.8 Å². The monoisotopic (exact) mass is 368 g/mol. The van der Waals surface area contributed by atoms with Crippen LogP contribution in [0.3, 0.4) is 0 Å². The van der Waals surface area contributed by atoms with Crippen molar-refractivity contribution in [3.05, 3.63) is 61.7 Å². The Morgan fingerprint density at radius 2 is 2.11 bits per heavy atom. The molecule has 0 bridgehead atoms. The molecule has 1 aromatic carbocycles. The van der Waals surface area contributed by atoms with Gasteiger partial charge in [0.25, 0.3) is 5.56 Å². The second-order valence-electron chi connectivity index (χ2n) is 6.88. The number of aromatic amines is 1. The van der Waals surface area contributed by atoms with Crippen molar-refractivity contribution in [3.63, 3.8) is 0 Å². The number of carbonyl (C=O) groups is 1. The van der Waals surface area contributed by atoms with Gasteiger partial charge in [0, 0.05) is 25.1 Å². The predicted octanol–water partition coefficient (Wildman–Crippen LogP) is 1.27. The number of H-pyrrole nitrogens is 1. The second kappa shape index (κ2) is 6.53. The molecule has 0 atom stereocenters. The van der Waals surface area contributed by atoms with Crippen LogP contribution in [0.1, 0.15) is 29.1 Å². The van der Waals surface area contributed by atoms with Crippen LogP contribution in [0.2, 0.25) is 0 Å². The first-order valence-electron chi connectivity index (χ1n) is 8.89. The molecular weight excluding hydrogens is 348 g/mol. The highest BCUT2D eigenvalue weighted by Gasteiger charge is 2.24. The zero-order valence-electron chi connectivity index (χ0n) is 15.2. The molecule has 140 valence electrons. The highest BCUT2D eigenvalue weighted by atomic mass is 16.4. The molecular formula is C19H20N4O4. The van der Waals surface area contributed by atoms with Gasteiger partial charge in [-0.15, -0.1) is 0 Å². The topological polar surface area (TPSA) is 101 Å². The number of hydrogen-bond acceptors (Lipinski definition) is 5. The molecule has 1 amide bonds. The Bertz CT molecular complexity index is 1150. The summed E-state index contributed by atoms with van der Waals surface area (Å²) in [6.45, 7) is 4.70. The fourth-order valence-electron chi connectivity index (χ4n) is 3.53. The lowest BCUT2D eigenvalue weighted by Gasteiger charge is -2.27. The third kappa shape index (κ3) is 3.18. The molecule has 2 aromatic heterocycles. The Labute approximate surface area is 154 Å². The smallest absolute Gasteiger partial charge is 0.408 e. The summed E-state index contributed by atoms with van der Waals surface area (Å²) in [4.78, 5) is 45.5. The Kier molecular flexibility index (Phi) is 4.18. The summed E-state index contributed by atoms with van der Waals surface area (Å²) in [6, 6.07) is 5.51. The summed E-state index contributed by atoms with van der Waals surface area (Å²) in [6.07, 6.45) is 0.664. The van der Waals surface area contributed by atoms with E-state index in [1.807, 2.05) is 19.1 Å². The Morgan fingerprint density at radius 1 is 1.30 bits per heavy atom. The van der Waals surface area contributed by atoms with Gasteiger partial charge in [-0.05, 0) is 38.0 Å². The first kappa shape index (κ1) is 17.3. The number of aryl methyl sites for hydroxylation is 3. The van der Waals surface area contributed by atoms with E-state index in [4.69, 9.17) is 4.42 Å². The molecule has 3 aromatic rings. The zero-order valence-corrected chi connectivity index (χ0v) is 15.2. The molecule has 0 radical (unpaired) electrons. The lowest BCUT2D eigenvalue weighted by atomic mass is 10.1. The fraction of sp³-hybridized carbons (Fsp3) is 0.368. The van der Waals surface area contributed by atoms with Gasteiger partial charge in [-0.1, -0.05) is 6.07 Å². The molecule has 1 aliphatic rings. The summed E-state index contributed by atoms with van der Waals surface area (Å²) in [5, 5.41) is 0. The third-order valence-corrected chi connectivity index (χ3v) is 4.92. The van der Waals surface area contributed by atoms with E-state index >= 15 is 0 Å². The lowest BCUT2D eigenvalue weighted by Crippen LogP contribution is -2.39. The number of carbonyl (C=O) groups excluding carboxylic acids is 1. The molecule has 8 heteroatoms. The van der Waals surface area contributed by atoms with E-state index in [0.717, 1.165) is 5.56 Å². The van der Waals surface area contributed by atoms with Crippen LogP contribution in [0.15, 0.2) is 32.2 Å².